The Balaban J connectivity index is 1.66. The molecular formula is C13H19N3O. The van der Waals surface area contributed by atoms with E-state index in [9.17, 15) is 0 Å². The first-order valence-corrected chi connectivity index (χ1v) is 6.32. The summed E-state index contributed by atoms with van der Waals surface area (Å²) in [5, 5.41) is 0. The van der Waals surface area contributed by atoms with E-state index in [1.807, 2.05) is 12.1 Å². The van der Waals surface area contributed by atoms with Crippen LogP contribution in [-0.4, -0.2) is 31.3 Å². The first kappa shape index (κ1) is 10.8. The lowest BCUT2D eigenvalue weighted by Crippen LogP contribution is -2.40. The van der Waals surface area contributed by atoms with Crippen molar-refractivity contribution in [3.8, 4) is 0 Å². The van der Waals surface area contributed by atoms with E-state index >= 15 is 0 Å². The van der Waals surface area contributed by atoms with Crippen molar-refractivity contribution in [3.63, 3.8) is 0 Å². The van der Waals surface area contributed by atoms with E-state index in [0.717, 1.165) is 37.8 Å². The summed E-state index contributed by atoms with van der Waals surface area (Å²) in [5.41, 5.74) is 6.84. The molecule has 0 amide bonds. The SMILES string of the molecule is Nc1ccc(N2CCC3(CCOC3)CC2)nc1. The van der Waals surface area contributed by atoms with Gasteiger partial charge in [0.15, 0.2) is 0 Å². The predicted molar refractivity (Wildman–Crippen MR) is 68.0 cm³/mol. The highest BCUT2D eigenvalue weighted by molar-refractivity contribution is 5.46. The molecule has 2 N–H and O–H groups in total. The number of nitrogen functional groups attached to an aromatic ring is 1. The minimum Gasteiger partial charge on any atom is -0.397 e. The molecule has 3 rings (SSSR count). The Labute approximate surface area is 102 Å². The van der Waals surface area contributed by atoms with Crippen LogP contribution in [0.2, 0.25) is 0 Å². The molecule has 4 nitrogen and oxygen atoms in total. The number of hydrogen-bond donors (Lipinski definition) is 1. The molecule has 0 atom stereocenters. The molecule has 2 aliphatic rings. The van der Waals surface area contributed by atoms with Crippen LogP contribution in [-0.2, 0) is 4.74 Å². The van der Waals surface area contributed by atoms with Gasteiger partial charge in [0.25, 0.3) is 0 Å². The number of hydrogen-bond acceptors (Lipinski definition) is 4. The summed E-state index contributed by atoms with van der Waals surface area (Å²) in [7, 11) is 0. The van der Waals surface area contributed by atoms with Crippen LogP contribution in [0.15, 0.2) is 18.3 Å². The molecule has 3 heterocycles. The number of anilines is 2. The fourth-order valence-corrected chi connectivity index (χ4v) is 2.84. The Bertz CT molecular complexity index is 374. The van der Waals surface area contributed by atoms with E-state index in [-0.39, 0.29) is 0 Å². The van der Waals surface area contributed by atoms with Crippen molar-refractivity contribution >= 4 is 11.5 Å². The largest absolute Gasteiger partial charge is 0.397 e. The molecule has 0 saturated carbocycles. The number of nitrogens with zero attached hydrogens (tertiary/aromatic N) is 2. The molecule has 4 heteroatoms. The number of piperidine rings is 1. The number of pyridine rings is 1. The third-order valence-corrected chi connectivity index (χ3v) is 4.10. The van der Waals surface area contributed by atoms with Crippen molar-refractivity contribution in [1.29, 1.82) is 0 Å². The van der Waals surface area contributed by atoms with Crippen LogP contribution in [0, 0.1) is 5.41 Å². The molecule has 2 saturated heterocycles. The van der Waals surface area contributed by atoms with Crippen molar-refractivity contribution in [1.82, 2.24) is 4.98 Å². The Hall–Kier alpha value is -1.29. The smallest absolute Gasteiger partial charge is 0.128 e. The normalized spacial score (nSPS) is 23.2. The van der Waals surface area contributed by atoms with Gasteiger partial charge in [-0.2, -0.15) is 0 Å². The van der Waals surface area contributed by atoms with Crippen LogP contribution in [0.25, 0.3) is 0 Å². The van der Waals surface area contributed by atoms with Gasteiger partial charge in [-0.3, -0.25) is 0 Å². The van der Waals surface area contributed by atoms with Gasteiger partial charge >= 0.3 is 0 Å². The zero-order valence-corrected chi connectivity index (χ0v) is 10.1. The van der Waals surface area contributed by atoms with Gasteiger partial charge in [0.05, 0.1) is 18.5 Å². The van der Waals surface area contributed by atoms with Crippen LogP contribution >= 0.6 is 0 Å². The van der Waals surface area contributed by atoms with Crippen molar-refractivity contribution in [2.24, 2.45) is 5.41 Å². The van der Waals surface area contributed by atoms with Gasteiger partial charge in [-0.25, -0.2) is 4.98 Å². The summed E-state index contributed by atoms with van der Waals surface area (Å²) >= 11 is 0. The van der Waals surface area contributed by atoms with Gasteiger partial charge < -0.3 is 15.4 Å². The Kier molecular flexibility index (Phi) is 2.67. The lowest BCUT2D eigenvalue weighted by molar-refractivity contribution is 0.133. The molecule has 17 heavy (non-hydrogen) atoms. The first-order valence-electron chi connectivity index (χ1n) is 6.32. The number of aromatic nitrogens is 1. The van der Waals surface area contributed by atoms with E-state index in [2.05, 4.69) is 9.88 Å². The molecule has 1 aromatic rings. The fraction of sp³-hybridized carbons (Fsp3) is 0.615. The molecule has 2 aliphatic heterocycles. The van der Waals surface area contributed by atoms with Crippen molar-refractivity contribution in [3.05, 3.63) is 18.3 Å². The second kappa shape index (κ2) is 4.18. The summed E-state index contributed by atoms with van der Waals surface area (Å²) in [5.74, 6) is 1.05. The van der Waals surface area contributed by atoms with Gasteiger partial charge in [-0.1, -0.05) is 0 Å². The average Bonchev–Trinajstić information content (AvgIpc) is 2.80. The molecule has 1 spiro atoms. The van der Waals surface area contributed by atoms with Crippen molar-refractivity contribution in [2.75, 3.05) is 36.9 Å². The van der Waals surface area contributed by atoms with Crippen LogP contribution in [0.1, 0.15) is 19.3 Å². The minimum absolute atomic E-state index is 0.463. The average molecular weight is 233 g/mol. The topological polar surface area (TPSA) is 51.4 Å². The highest BCUT2D eigenvalue weighted by Crippen LogP contribution is 2.39. The van der Waals surface area contributed by atoms with Crippen LogP contribution in [0.4, 0.5) is 11.5 Å². The van der Waals surface area contributed by atoms with E-state index in [0.29, 0.717) is 5.41 Å². The zero-order valence-electron chi connectivity index (χ0n) is 10.1. The summed E-state index contributed by atoms with van der Waals surface area (Å²) in [6, 6.07) is 3.93. The van der Waals surface area contributed by atoms with E-state index in [4.69, 9.17) is 10.5 Å². The Morgan fingerprint density at radius 2 is 2.06 bits per heavy atom. The molecular weight excluding hydrogens is 214 g/mol. The van der Waals surface area contributed by atoms with E-state index in [1.54, 1.807) is 6.20 Å². The van der Waals surface area contributed by atoms with Crippen molar-refractivity contribution < 1.29 is 4.74 Å². The molecule has 0 radical (unpaired) electrons. The molecule has 2 fully saturated rings. The van der Waals surface area contributed by atoms with Crippen LogP contribution in [0.3, 0.4) is 0 Å². The Morgan fingerprint density at radius 3 is 2.65 bits per heavy atom. The van der Waals surface area contributed by atoms with E-state index < -0.39 is 0 Å². The second-order valence-electron chi connectivity index (χ2n) is 5.24. The monoisotopic (exact) mass is 233 g/mol. The number of ether oxygens (including phenoxy) is 1. The molecule has 0 bridgehead atoms. The second-order valence-corrected chi connectivity index (χ2v) is 5.24. The third-order valence-electron chi connectivity index (χ3n) is 4.10. The molecule has 92 valence electrons. The van der Waals surface area contributed by atoms with Gasteiger partial charge in [-0.05, 0) is 36.8 Å². The quantitative estimate of drug-likeness (QED) is 0.801. The van der Waals surface area contributed by atoms with Gasteiger partial charge in [-0.15, -0.1) is 0 Å². The molecule has 1 aromatic heterocycles. The minimum atomic E-state index is 0.463. The number of nitrogens with two attached hydrogens (primary N) is 1. The molecule has 0 unspecified atom stereocenters. The standard InChI is InChI=1S/C13H19N3O/c14-11-1-2-12(15-9-11)16-6-3-13(4-7-16)5-8-17-10-13/h1-2,9H,3-8,10,14H2. The zero-order chi connectivity index (χ0) is 11.7. The lowest BCUT2D eigenvalue weighted by atomic mass is 9.78. The van der Waals surface area contributed by atoms with Gasteiger partial charge in [0, 0.05) is 19.7 Å². The van der Waals surface area contributed by atoms with Gasteiger partial charge in [0.2, 0.25) is 0 Å². The van der Waals surface area contributed by atoms with Gasteiger partial charge in [0.1, 0.15) is 5.82 Å². The van der Waals surface area contributed by atoms with E-state index in [1.165, 1.54) is 19.3 Å². The lowest BCUT2D eigenvalue weighted by Gasteiger charge is -2.38. The maximum absolute atomic E-state index is 5.65. The van der Waals surface area contributed by atoms with Crippen molar-refractivity contribution in [2.45, 2.75) is 19.3 Å². The molecule has 0 aliphatic carbocycles. The highest BCUT2D eigenvalue weighted by Gasteiger charge is 2.38. The maximum Gasteiger partial charge on any atom is 0.128 e. The third kappa shape index (κ3) is 2.09. The summed E-state index contributed by atoms with van der Waals surface area (Å²) < 4.78 is 5.54. The fourth-order valence-electron chi connectivity index (χ4n) is 2.84. The first-order chi connectivity index (χ1) is 8.27. The summed E-state index contributed by atoms with van der Waals surface area (Å²) in [6.07, 6.45) is 5.41. The predicted octanol–water partition coefficient (Wildman–Crippen LogP) is 1.67. The highest BCUT2D eigenvalue weighted by atomic mass is 16.5. The van der Waals surface area contributed by atoms with Crippen LogP contribution < -0.4 is 10.6 Å². The Morgan fingerprint density at radius 1 is 1.24 bits per heavy atom. The summed E-state index contributed by atoms with van der Waals surface area (Å²) in [6.45, 7) is 4.07. The molecule has 0 aromatic carbocycles. The maximum atomic E-state index is 5.65. The number of rotatable bonds is 1. The van der Waals surface area contributed by atoms with Crippen LogP contribution in [0.5, 0.6) is 0 Å². The summed E-state index contributed by atoms with van der Waals surface area (Å²) in [4.78, 5) is 6.74.